The molecule has 2 heterocycles. The second-order valence-electron chi connectivity index (χ2n) is 4.53. The number of aromatic nitrogens is 2. The fourth-order valence-corrected chi connectivity index (χ4v) is 2.57. The Morgan fingerprint density at radius 2 is 2.33 bits per heavy atom. The maximum absolute atomic E-state index is 11.1. The molecule has 1 unspecified atom stereocenters. The molecule has 6 heteroatoms. The number of aliphatic hydroxyl groups is 1. The first-order valence-electron chi connectivity index (χ1n) is 6.00. The number of carbonyl (C=O) groups excluding carboxylic acids is 1. The van der Waals surface area contributed by atoms with Crippen molar-refractivity contribution in [2.24, 2.45) is 5.92 Å². The van der Waals surface area contributed by atoms with E-state index in [0.29, 0.717) is 29.4 Å². The zero-order valence-corrected chi connectivity index (χ0v) is 11.0. The highest BCUT2D eigenvalue weighted by atomic mass is 35.5. The van der Waals surface area contributed by atoms with Gasteiger partial charge >= 0.3 is 0 Å². The second-order valence-corrected chi connectivity index (χ2v) is 4.89. The molecule has 1 fully saturated rings. The van der Waals surface area contributed by atoms with Crippen LogP contribution in [0.1, 0.15) is 29.0 Å². The smallest absolute Gasteiger partial charge is 0.156 e. The number of anilines is 1. The van der Waals surface area contributed by atoms with Crippen LogP contribution < -0.4 is 4.90 Å². The van der Waals surface area contributed by atoms with Crippen molar-refractivity contribution in [3.63, 3.8) is 0 Å². The van der Waals surface area contributed by atoms with E-state index in [-0.39, 0.29) is 11.8 Å². The van der Waals surface area contributed by atoms with Gasteiger partial charge in [0.2, 0.25) is 0 Å². The van der Waals surface area contributed by atoms with Gasteiger partial charge in [0.05, 0.1) is 5.56 Å². The molecule has 1 aromatic heterocycles. The summed E-state index contributed by atoms with van der Waals surface area (Å²) in [4.78, 5) is 21.4. The lowest BCUT2D eigenvalue weighted by Crippen LogP contribution is -2.23. The average molecular weight is 270 g/mol. The largest absolute Gasteiger partial charge is 0.396 e. The van der Waals surface area contributed by atoms with E-state index in [4.69, 9.17) is 16.7 Å². The Kier molecular flexibility index (Phi) is 4.14. The minimum absolute atomic E-state index is 0.197. The van der Waals surface area contributed by atoms with E-state index in [1.807, 2.05) is 4.90 Å². The number of carbonyl (C=O) groups is 1. The van der Waals surface area contributed by atoms with E-state index < -0.39 is 0 Å². The monoisotopic (exact) mass is 269 g/mol. The van der Waals surface area contributed by atoms with Crippen molar-refractivity contribution < 1.29 is 9.90 Å². The van der Waals surface area contributed by atoms with Crippen LogP contribution in [0, 0.1) is 12.8 Å². The highest BCUT2D eigenvalue weighted by molar-refractivity contribution is 6.32. The minimum atomic E-state index is 0.197. The lowest BCUT2D eigenvalue weighted by molar-refractivity contribution is 0.112. The van der Waals surface area contributed by atoms with Crippen molar-refractivity contribution in [1.29, 1.82) is 0 Å². The third kappa shape index (κ3) is 2.62. The Hall–Kier alpha value is -1.20. The quantitative estimate of drug-likeness (QED) is 0.662. The van der Waals surface area contributed by atoms with Gasteiger partial charge in [-0.3, -0.25) is 4.79 Å². The Balaban J connectivity index is 2.26. The van der Waals surface area contributed by atoms with E-state index in [2.05, 4.69) is 9.97 Å². The molecule has 0 amide bonds. The standard InChI is InChI=1S/C12H16ClN3O2/c1-8-14-11(13)10(7-18)12(15-8)16-4-2-9(6-16)3-5-17/h7,9,17H,2-6H2,1H3. The number of aliphatic hydroxyl groups excluding tert-OH is 1. The van der Waals surface area contributed by atoms with Gasteiger partial charge in [-0.25, -0.2) is 9.97 Å². The molecule has 1 atom stereocenters. The van der Waals surface area contributed by atoms with Crippen molar-refractivity contribution in [3.05, 3.63) is 16.5 Å². The van der Waals surface area contributed by atoms with Gasteiger partial charge in [0.1, 0.15) is 16.8 Å². The Morgan fingerprint density at radius 1 is 1.56 bits per heavy atom. The molecule has 1 aliphatic rings. The first-order chi connectivity index (χ1) is 8.65. The van der Waals surface area contributed by atoms with Gasteiger partial charge in [-0.05, 0) is 25.7 Å². The van der Waals surface area contributed by atoms with E-state index in [1.54, 1.807) is 6.92 Å². The van der Waals surface area contributed by atoms with Gasteiger partial charge in [-0.1, -0.05) is 11.6 Å². The van der Waals surface area contributed by atoms with Gasteiger partial charge < -0.3 is 10.0 Å². The van der Waals surface area contributed by atoms with Crippen LogP contribution in [0.3, 0.4) is 0 Å². The van der Waals surface area contributed by atoms with Gasteiger partial charge in [0.15, 0.2) is 6.29 Å². The topological polar surface area (TPSA) is 66.3 Å². The van der Waals surface area contributed by atoms with E-state index >= 15 is 0 Å². The molecule has 1 saturated heterocycles. The predicted molar refractivity (Wildman–Crippen MR) is 69.2 cm³/mol. The third-order valence-corrected chi connectivity index (χ3v) is 3.52. The van der Waals surface area contributed by atoms with Crippen molar-refractivity contribution in [3.8, 4) is 0 Å². The molecule has 0 bridgehead atoms. The van der Waals surface area contributed by atoms with Crippen molar-refractivity contribution in [2.75, 3.05) is 24.6 Å². The molecule has 1 aromatic rings. The fourth-order valence-electron chi connectivity index (χ4n) is 2.32. The van der Waals surface area contributed by atoms with Crippen LogP contribution in [0.2, 0.25) is 5.15 Å². The fraction of sp³-hybridized carbons (Fsp3) is 0.583. The SMILES string of the molecule is Cc1nc(Cl)c(C=O)c(N2CCC(CCO)C2)n1. The van der Waals surface area contributed by atoms with Crippen LogP contribution in [0.25, 0.3) is 0 Å². The Labute approximate surface area is 111 Å². The highest BCUT2D eigenvalue weighted by Crippen LogP contribution is 2.28. The van der Waals surface area contributed by atoms with Gasteiger partial charge in [-0.15, -0.1) is 0 Å². The van der Waals surface area contributed by atoms with Gasteiger partial charge in [0.25, 0.3) is 0 Å². The number of rotatable bonds is 4. The minimum Gasteiger partial charge on any atom is -0.396 e. The summed E-state index contributed by atoms with van der Waals surface area (Å²) >= 11 is 5.96. The van der Waals surface area contributed by atoms with Crippen LogP contribution in [0.5, 0.6) is 0 Å². The first-order valence-corrected chi connectivity index (χ1v) is 6.38. The van der Waals surface area contributed by atoms with Crippen LogP contribution >= 0.6 is 11.6 Å². The number of hydrogen-bond acceptors (Lipinski definition) is 5. The molecule has 1 aliphatic heterocycles. The summed E-state index contributed by atoms with van der Waals surface area (Å²) in [6, 6.07) is 0. The zero-order chi connectivity index (χ0) is 13.1. The molecule has 2 rings (SSSR count). The predicted octanol–water partition coefficient (Wildman–Crippen LogP) is 1.46. The molecule has 5 nitrogen and oxygen atoms in total. The van der Waals surface area contributed by atoms with Crippen molar-refractivity contribution in [2.45, 2.75) is 19.8 Å². The van der Waals surface area contributed by atoms with Crippen molar-refractivity contribution >= 4 is 23.7 Å². The molecule has 18 heavy (non-hydrogen) atoms. The van der Waals surface area contributed by atoms with Crippen molar-refractivity contribution in [1.82, 2.24) is 9.97 Å². The molecule has 0 saturated carbocycles. The van der Waals surface area contributed by atoms with Crippen LogP contribution in [0.15, 0.2) is 0 Å². The number of aryl methyl sites for hydroxylation is 1. The van der Waals surface area contributed by atoms with Crippen LogP contribution in [-0.4, -0.2) is 41.1 Å². The number of nitrogens with zero attached hydrogens (tertiary/aromatic N) is 3. The third-order valence-electron chi connectivity index (χ3n) is 3.23. The molecule has 0 aromatic carbocycles. The number of aldehydes is 1. The molecular formula is C12H16ClN3O2. The normalized spacial score (nSPS) is 19.3. The molecular weight excluding hydrogens is 254 g/mol. The summed E-state index contributed by atoms with van der Waals surface area (Å²) in [5.74, 6) is 1.62. The van der Waals surface area contributed by atoms with E-state index in [0.717, 1.165) is 25.9 Å². The summed E-state index contributed by atoms with van der Waals surface area (Å²) in [5, 5.41) is 9.16. The maximum Gasteiger partial charge on any atom is 0.156 e. The van der Waals surface area contributed by atoms with Gasteiger partial charge in [-0.2, -0.15) is 0 Å². The molecule has 0 aliphatic carbocycles. The van der Waals surface area contributed by atoms with E-state index in [9.17, 15) is 4.79 Å². The van der Waals surface area contributed by atoms with Crippen LogP contribution in [-0.2, 0) is 0 Å². The summed E-state index contributed by atoms with van der Waals surface area (Å²) in [6.07, 6.45) is 2.49. The molecule has 98 valence electrons. The van der Waals surface area contributed by atoms with Crippen LogP contribution in [0.4, 0.5) is 5.82 Å². The summed E-state index contributed by atoms with van der Waals surface area (Å²) in [6.45, 7) is 3.58. The molecule has 0 spiro atoms. The summed E-state index contributed by atoms with van der Waals surface area (Å²) in [7, 11) is 0. The average Bonchev–Trinajstić information content (AvgIpc) is 2.77. The lowest BCUT2D eigenvalue weighted by Gasteiger charge is -2.19. The first kappa shape index (κ1) is 13.2. The summed E-state index contributed by atoms with van der Waals surface area (Å²) in [5.41, 5.74) is 0.354. The molecule has 0 radical (unpaired) electrons. The number of halogens is 1. The second kappa shape index (κ2) is 5.63. The summed E-state index contributed by atoms with van der Waals surface area (Å²) < 4.78 is 0. The van der Waals surface area contributed by atoms with Gasteiger partial charge in [0, 0.05) is 19.7 Å². The number of hydrogen-bond donors (Lipinski definition) is 1. The zero-order valence-electron chi connectivity index (χ0n) is 10.3. The van der Waals surface area contributed by atoms with E-state index in [1.165, 1.54) is 0 Å². The highest BCUT2D eigenvalue weighted by Gasteiger charge is 2.26. The molecule has 1 N–H and O–H groups in total. The maximum atomic E-state index is 11.1. The lowest BCUT2D eigenvalue weighted by atomic mass is 10.1. The Morgan fingerprint density at radius 3 is 3.00 bits per heavy atom. The Bertz CT molecular complexity index is 453.